The third-order valence-corrected chi connectivity index (χ3v) is 7.92. The maximum atomic E-state index is 13.6. The molecule has 1 heterocycles. The Morgan fingerprint density at radius 3 is 2.41 bits per heavy atom. The van der Waals surface area contributed by atoms with Gasteiger partial charge in [0.15, 0.2) is 0 Å². The van der Waals surface area contributed by atoms with Gasteiger partial charge >= 0.3 is 6.09 Å². The van der Waals surface area contributed by atoms with Gasteiger partial charge in [0.1, 0.15) is 5.75 Å². The van der Waals surface area contributed by atoms with Gasteiger partial charge in [-0.2, -0.15) is 0 Å². The Kier molecular flexibility index (Phi) is 10.9. The zero-order valence-electron chi connectivity index (χ0n) is 24.1. The van der Waals surface area contributed by atoms with Crippen LogP contribution in [-0.4, -0.2) is 30.1 Å². The first-order valence-electron chi connectivity index (χ1n) is 14.3. The molecule has 1 aliphatic heterocycles. The van der Waals surface area contributed by atoms with Gasteiger partial charge in [0, 0.05) is 28.2 Å². The summed E-state index contributed by atoms with van der Waals surface area (Å²) in [6.07, 6.45) is 10.8. The van der Waals surface area contributed by atoms with Crippen molar-refractivity contribution in [3.63, 3.8) is 0 Å². The van der Waals surface area contributed by atoms with Crippen LogP contribution in [0.1, 0.15) is 67.8 Å². The molecule has 214 valence electrons. The van der Waals surface area contributed by atoms with Gasteiger partial charge in [0.25, 0.3) is 0 Å². The molecule has 1 aliphatic rings. The van der Waals surface area contributed by atoms with Crippen LogP contribution in [0.3, 0.4) is 0 Å². The van der Waals surface area contributed by atoms with Crippen molar-refractivity contribution in [3.8, 4) is 18.1 Å². The van der Waals surface area contributed by atoms with Crippen molar-refractivity contribution in [2.24, 2.45) is 0 Å². The minimum Gasteiger partial charge on any atom is -0.410 e. The number of benzene rings is 3. The Labute approximate surface area is 254 Å². The summed E-state index contributed by atoms with van der Waals surface area (Å²) in [5.41, 5.74) is 6.12. The van der Waals surface area contributed by atoms with Crippen LogP contribution in [0.15, 0.2) is 72.3 Å². The number of carbonyl (C=O) groups excluding carboxylic acids is 1. The molecule has 3 aromatic rings. The van der Waals surface area contributed by atoms with Crippen molar-refractivity contribution < 1.29 is 9.53 Å². The van der Waals surface area contributed by atoms with E-state index < -0.39 is 12.1 Å². The SMILES string of the molecule is C#CC1=C(c2cc(Cl)ccc2C)CCN(C(=O)Oc2ccc(Cl)cc2)C1c1ccc(CCCCCNC(C)C)cc1. The topological polar surface area (TPSA) is 41.6 Å². The van der Waals surface area contributed by atoms with Gasteiger partial charge in [-0.25, -0.2) is 4.79 Å². The van der Waals surface area contributed by atoms with Crippen LogP contribution in [0.4, 0.5) is 4.79 Å². The van der Waals surface area contributed by atoms with Gasteiger partial charge in [0.05, 0.1) is 6.04 Å². The number of nitrogens with zero attached hydrogens (tertiary/aromatic N) is 1. The zero-order valence-corrected chi connectivity index (χ0v) is 25.6. The van der Waals surface area contributed by atoms with E-state index in [1.807, 2.05) is 18.2 Å². The Hall–Kier alpha value is -3.23. The van der Waals surface area contributed by atoms with E-state index in [2.05, 4.69) is 56.3 Å². The molecule has 3 aromatic carbocycles. The number of rotatable bonds is 10. The molecule has 6 heteroatoms. The zero-order chi connectivity index (χ0) is 29.4. The predicted molar refractivity (Wildman–Crippen MR) is 171 cm³/mol. The summed E-state index contributed by atoms with van der Waals surface area (Å²) in [4.78, 5) is 15.3. The fourth-order valence-corrected chi connectivity index (χ4v) is 5.57. The number of ether oxygens (including phenoxy) is 1. The van der Waals surface area contributed by atoms with Crippen molar-refractivity contribution in [1.29, 1.82) is 0 Å². The molecule has 1 unspecified atom stereocenters. The summed E-state index contributed by atoms with van der Waals surface area (Å²) < 4.78 is 5.77. The van der Waals surface area contributed by atoms with Crippen LogP contribution in [0.2, 0.25) is 10.0 Å². The molecule has 0 aromatic heterocycles. The molecular formula is C35H38Cl2N2O2. The number of halogens is 2. The third-order valence-electron chi connectivity index (χ3n) is 7.44. The first-order chi connectivity index (χ1) is 19.8. The minimum absolute atomic E-state index is 0.430. The fraction of sp³-hybridized carbons (Fsp3) is 0.343. The summed E-state index contributed by atoms with van der Waals surface area (Å²) in [5.74, 6) is 3.37. The molecule has 0 fully saturated rings. The Morgan fingerprint density at radius 1 is 1.02 bits per heavy atom. The van der Waals surface area contributed by atoms with E-state index in [1.54, 1.807) is 29.2 Å². The highest BCUT2D eigenvalue weighted by Gasteiger charge is 2.35. The highest BCUT2D eigenvalue weighted by molar-refractivity contribution is 6.31. The van der Waals surface area contributed by atoms with Crippen LogP contribution in [0.25, 0.3) is 5.57 Å². The quantitative estimate of drug-likeness (QED) is 0.190. The molecule has 0 saturated heterocycles. The lowest BCUT2D eigenvalue weighted by Crippen LogP contribution is -2.41. The smallest absolute Gasteiger partial charge is 0.410 e. The van der Waals surface area contributed by atoms with Crippen LogP contribution in [-0.2, 0) is 6.42 Å². The monoisotopic (exact) mass is 588 g/mol. The van der Waals surface area contributed by atoms with E-state index in [4.69, 9.17) is 34.4 Å². The van der Waals surface area contributed by atoms with Crippen LogP contribution < -0.4 is 10.1 Å². The third kappa shape index (κ3) is 8.17. The average molecular weight is 590 g/mol. The number of aryl methyl sites for hydroxylation is 2. The van der Waals surface area contributed by atoms with Crippen molar-refractivity contribution in [2.45, 2.75) is 65.0 Å². The number of amides is 1. The second-order valence-electron chi connectivity index (χ2n) is 10.8. The maximum Gasteiger partial charge on any atom is 0.416 e. The van der Waals surface area contributed by atoms with Crippen LogP contribution in [0.5, 0.6) is 5.75 Å². The molecule has 4 nitrogen and oxygen atoms in total. The van der Waals surface area contributed by atoms with E-state index in [0.29, 0.717) is 34.8 Å². The lowest BCUT2D eigenvalue weighted by Gasteiger charge is -2.37. The average Bonchev–Trinajstić information content (AvgIpc) is 2.96. The van der Waals surface area contributed by atoms with E-state index in [0.717, 1.165) is 47.2 Å². The summed E-state index contributed by atoms with van der Waals surface area (Å²) in [6, 6.07) is 21.2. The fourth-order valence-electron chi connectivity index (χ4n) is 5.28. The maximum absolute atomic E-state index is 13.6. The molecule has 4 rings (SSSR count). The standard InChI is InChI=1S/C35H38Cl2N2O2/c1-5-31-32(33-23-29(37)15-10-25(33)4)20-22-39(35(40)41-30-18-16-28(36)17-19-30)34(31)27-13-11-26(12-14-27)9-7-6-8-21-38-24(2)3/h1,10-19,23-24,34,38H,6-9,20-22H2,2-4H3. The normalized spacial score (nSPS) is 15.2. The van der Waals surface area contributed by atoms with Gasteiger partial charge in [0.2, 0.25) is 0 Å². The molecule has 0 spiro atoms. The first-order valence-corrected chi connectivity index (χ1v) is 15.0. The molecule has 0 aliphatic carbocycles. The largest absolute Gasteiger partial charge is 0.416 e. The number of hydrogen-bond donors (Lipinski definition) is 1. The second kappa shape index (κ2) is 14.6. The van der Waals surface area contributed by atoms with Gasteiger partial charge in [-0.3, -0.25) is 4.90 Å². The van der Waals surface area contributed by atoms with Crippen molar-refractivity contribution in [1.82, 2.24) is 10.2 Å². The Bertz CT molecular complexity index is 1410. The predicted octanol–water partition coefficient (Wildman–Crippen LogP) is 9.05. The van der Waals surface area contributed by atoms with E-state index in [9.17, 15) is 4.79 Å². The van der Waals surface area contributed by atoms with E-state index >= 15 is 0 Å². The molecule has 1 N–H and O–H groups in total. The van der Waals surface area contributed by atoms with Gasteiger partial charge in [-0.15, -0.1) is 6.42 Å². The highest BCUT2D eigenvalue weighted by atomic mass is 35.5. The van der Waals surface area contributed by atoms with Gasteiger partial charge in [-0.1, -0.05) is 79.7 Å². The number of hydrogen-bond acceptors (Lipinski definition) is 3. The molecule has 1 amide bonds. The Morgan fingerprint density at radius 2 is 1.73 bits per heavy atom. The number of unbranched alkanes of at least 4 members (excludes halogenated alkanes) is 2. The number of terminal acetylenes is 1. The second-order valence-corrected chi connectivity index (χ2v) is 11.7. The first kappa shape index (κ1) is 30.7. The summed E-state index contributed by atoms with van der Waals surface area (Å²) >= 11 is 12.4. The number of nitrogens with one attached hydrogen (secondary N) is 1. The van der Waals surface area contributed by atoms with Gasteiger partial charge in [-0.05, 0) is 103 Å². The molecular weight excluding hydrogens is 551 g/mol. The highest BCUT2D eigenvalue weighted by Crippen LogP contribution is 2.41. The van der Waals surface area contributed by atoms with Crippen molar-refractivity contribution >= 4 is 34.9 Å². The van der Waals surface area contributed by atoms with Crippen molar-refractivity contribution in [2.75, 3.05) is 13.1 Å². The molecule has 0 saturated carbocycles. The number of carbonyl (C=O) groups is 1. The summed E-state index contributed by atoms with van der Waals surface area (Å²) in [6.45, 7) is 7.90. The van der Waals surface area contributed by atoms with E-state index in [-0.39, 0.29) is 0 Å². The van der Waals surface area contributed by atoms with Crippen LogP contribution >= 0.6 is 23.2 Å². The lowest BCUT2D eigenvalue weighted by atomic mass is 9.84. The summed E-state index contributed by atoms with van der Waals surface area (Å²) in [7, 11) is 0. The van der Waals surface area contributed by atoms with E-state index in [1.165, 1.54) is 18.4 Å². The molecule has 0 radical (unpaired) electrons. The molecule has 1 atom stereocenters. The summed E-state index contributed by atoms with van der Waals surface area (Å²) in [5, 5.41) is 4.70. The minimum atomic E-state index is -0.460. The van der Waals surface area contributed by atoms with Gasteiger partial charge < -0.3 is 10.1 Å². The molecule has 0 bridgehead atoms. The van der Waals surface area contributed by atoms with Crippen molar-refractivity contribution in [3.05, 3.63) is 105 Å². The Balaban J connectivity index is 1.61. The molecule has 41 heavy (non-hydrogen) atoms. The van der Waals surface area contributed by atoms with Crippen LogP contribution in [0, 0.1) is 19.3 Å². The lowest BCUT2D eigenvalue weighted by molar-refractivity contribution is 0.138.